The summed E-state index contributed by atoms with van der Waals surface area (Å²) in [4.78, 5) is 57.5. The largest absolute Gasteiger partial charge is 0.368 e. The second-order valence-electron chi connectivity index (χ2n) is 6.66. The number of benzene rings is 1. The van der Waals surface area contributed by atoms with Gasteiger partial charge in [-0.1, -0.05) is 12.1 Å². The summed E-state index contributed by atoms with van der Waals surface area (Å²) in [5.41, 5.74) is 6.55. The van der Waals surface area contributed by atoms with Crippen molar-refractivity contribution >= 4 is 29.3 Å². The normalized spacial score (nSPS) is 24.3. The summed E-state index contributed by atoms with van der Waals surface area (Å²) in [5.74, 6) is -1.91. The van der Waals surface area contributed by atoms with Gasteiger partial charge in [-0.05, 0) is 25.0 Å². The predicted molar refractivity (Wildman–Crippen MR) is 88.4 cm³/mol. The lowest BCUT2D eigenvalue weighted by Gasteiger charge is -2.49. The van der Waals surface area contributed by atoms with Crippen LogP contribution in [0.1, 0.15) is 36.0 Å². The first-order valence-corrected chi connectivity index (χ1v) is 8.43. The molecule has 0 bridgehead atoms. The average molecular weight is 358 g/mol. The van der Waals surface area contributed by atoms with Crippen LogP contribution in [0.4, 0.5) is 5.69 Å². The molecule has 4 rings (SSSR count). The van der Waals surface area contributed by atoms with Crippen molar-refractivity contribution in [2.24, 2.45) is 5.73 Å². The van der Waals surface area contributed by atoms with E-state index in [9.17, 15) is 19.2 Å². The minimum absolute atomic E-state index is 0.105. The number of hydroxylamine groups is 1. The molecule has 0 radical (unpaired) electrons. The van der Waals surface area contributed by atoms with Crippen LogP contribution < -0.4 is 16.1 Å². The maximum atomic E-state index is 13.1. The topological polar surface area (TPSA) is 122 Å². The fourth-order valence-electron chi connectivity index (χ4n) is 3.80. The van der Waals surface area contributed by atoms with Crippen LogP contribution in [0.3, 0.4) is 0 Å². The lowest BCUT2D eigenvalue weighted by molar-refractivity contribution is -0.148. The highest BCUT2D eigenvalue weighted by molar-refractivity contribution is 6.16. The van der Waals surface area contributed by atoms with Crippen LogP contribution in [0, 0.1) is 0 Å². The number of amides is 4. The third-order valence-electron chi connectivity index (χ3n) is 4.95. The molecule has 9 nitrogen and oxygen atoms in total. The first-order valence-electron chi connectivity index (χ1n) is 8.43. The van der Waals surface area contributed by atoms with E-state index in [1.165, 1.54) is 9.80 Å². The Balaban J connectivity index is 1.79. The lowest BCUT2D eigenvalue weighted by Crippen LogP contribution is -2.71. The Labute approximate surface area is 149 Å². The SMILES string of the molecule is NC(=O)CONC(=O)C12CCC(=O)N1c1ccccc1C(=O)N2C1CC1. The minimum atomic E-state index is -1.48. The molecule has 0 spiro atoms. The molecule has 2 aliphatic heterocycles. The highest BCUT2D eigenvalue weighted by atomic mass is 16.7. The van der Waals surface area contributed by atoms with Gasteiger partial charge in [0, 0.05) is 18.9 Å². The summed E-state index contributed by atoms with van der Waals surface area (Å²) < 4.78 is 0. The molecule has 1 saturated carbocycles. The van der Waals surface area contributed by atoms with Crippen LogP contribution >= 0.6 is 0 Å². The van der Waals surface area contributed by atoms with Crippen molar-refractivity contribution in [3.63, 3.8) is 0 Å². The number of nitrogens with one attached hydrogen (secondary N) is 1. The Morgan fingerprint density at radius 1 is 1.27 bits per heavy atom. The first-order chi connectivity index (χ1) is 12.5. The van der Waals surface area contributed by atoms with Crippen LogP contribution in [0.5, 0.6) is 0 Å². The van der Waals surface area contributed by atoms with E-state index in [0.717, 1.165) is 12.8 Å². The molecule has 3 aliphatic rings. The Morgan fingerprint density at radius 2 is 2.00 bits per heavy atom. The van der Waals surface area contributed by atoms with Gasteiger partial charge in [0.05, 0.1) is 11.3 Å². The van der Waals surface area contributed by atoms with Gasteiger partial charge in [-0.3, -0.25) is 28.9 Å². The second kappa shape index (κ2) is 5.80. The van der Waals surface area contributed by atoms with Crippen molar-refractivity contribution < 1.29 is 24.0 Å². The van der Waals surface area contributed by atoms with Crippen LogP contribution in [0.2, 0.25) is 0 Å². The second-order valence-corrected chi connectivity index (χ2v) is 6.66. The van der Waals surface area contributed by atoms with Crippen molar-refractivity contribution in [3.05, 3.63) is 29.8 Å². The zero-order chi connectivity index (χ0) is 18.5. The van der Waals surface area contributed by atoms with Crippen LogP contribution in [0.25, 0.3) is 0 Å². The maximum Gasteiger partial charge on any atom is 0.290 e. The molecule has 0 aromatic heterocycles. The van der Waals surface area contributed by atoms with E-state index in [1.54, 1.807) is 24.3 Å². The fraction of sp³-hybridized carbons (Fsp3) is 0.412. The van der Waals surface area contributed by atoms with Crippen molar-refractivity contribution in [2.75, 3.05) is 11.5 Å². The molecule has 1 aromatic carbocycles. The van der Waals surface area contributed by atoms with Gasteiger partial charge in [0.1, 0.15) is 0 Å². The first kappa shape index (κ1) is 16.5. The number of rotatable bonds is 5. The molecule has 1 saturated heterocycles. The monoisotopic (exact) mass is 358 g/mol. The molecule has 4 amide bonds. The quantitative estimate of drug-likeness (QED) is 0.698. The van der Waals surface area contributed by atoms with Gasteiger partial charge in [0.25, 0.3) is 11.8 Å². The van der Waals surface area contributed by atoms with Crippen molar-refractivity contribution in [2.45, 2.75) is 37.4 Å². The molecule has 9 heteroatoms. The summed E-state index contributed by atoms with van der Waals surface area (Å²) >= 11 is 0. The van der Waals surface area contributed by atoms with Gasteiger partial charge in [-0.15, -0.1) is 0 Å². The number of hydrogen-bond donors (Lipinski definition) is 2. The number of primary amides is 1. The number of hydrogen-bond acceptors (Lipinski definition) is 5. The standard InChI is InChI=1S/C17H18N4O5/c18-13(22)9-26-19-16(25)17-8-7-14(23)21(17)12-4-2-1-3-11(12)15(24)20(17)10-5-6-10/h1-4,10H,5-9H2,(H2,18,22)(H,19,25). The highest BCUT2D eigenvalue weighted by Crippen LogP contribution is 2.48. The van der Waals surface area contributed by atoms with E-state index in [2.05, 4.69) is 5.48 Å². The summed E-state index contributed by atoms with van der Waals surface area (Å²) in [7, 11) is 0. The van der Waals surface area contributed by atoms with E-state index < -0.39 is 24.1 Å². The summed E-state index contributed by atoms with van der Waals surface area (Å²) in [6, 6.07) is 6.66. The molecule has 1 atom stereocenters. The van der Waals surface area contributed by atoms with Crippen molar-refractivity contribution in [1.82, 2.24) is 10.4 Å². The Morgan fingerprint density at radius 3 is 2.69 bits per heavy atom. The fourth-order valence-corrected chi connectivity index (χ4v) is 3.80. The zero-order valence-electron chi connectivity index (χ0n) is 13.9. The smallest absolute Gasteiger partial charge is 0.290 e. The maximum absolute atomic E-state index is 13.1. The van der Waals surface area contributed by atoms with E-state index in [1.807, 2.05) is 0 Å². The molecular formula is C17H18N4O5. The van der Waals surface area contributed by atoms with Gasteiger partial charge >= 0.3 is 0 Å². The lowest BCUT2D eigenvalue weighted by atomic mass is 9.95. The number of nitrogens with zero attached hydrogens (tertiary/aromatic N) is 2. The molecule has 136 valence electrons. The van der Waals surface area contributed by atoms with E-state index in [-0.39, 0.29) is 30.7 Å². The van der Waals surface area contributed by atoms with Crippen LogP contribution in [-0.4, -0.2) is 46.8 Å². The molecular weight excluding hydrogens is 340 g/mol. The molecule has 2 heterocycles. The number of fused-ring (bicyclic) bond motifs is 3. The van der Waals surface area contributed by atoms with Crippen molar-refractivity contribution in [3.8, 4) is 0 Å². The molecule has 26 heavy (non-hydrogen) atoms. The van der Waals surface area contributed by atoms with Gasteiger partial charge in [0.15, 0.2) is 6.61 Å². The highest BCUT2D eigenvalue weighted by Gasteiger charge is 2.63. The number of carbonyl (C=O) groups is 4. The van der Waals surface area contributed by atoms with Crippen molar-refractivity contribution in [1.29, 1.82) is 0 Å². The van der Waals surface area contributed by atoms with Gasteiger partial charge in [0.2, 0.25) is 17.5 Å². The molecule has 1 unspecified atom stereocenters. The van der Waals surface area contributed by atoms with Crippen LogP contribution in [-0.2, 0) is 19.2 Å². The Hall–Kier alpha value is -2.94. The number of para-hydroxylation sites is 1. The van der Waals surface area contributed by atoms with Gasteiger partial charge in [-0.25, -0.2) is 5.48 Å². The summed E-state index contributed by atoms with van der Waals surface area (Å²) in [6.07, 6.45) is 1.84. The molecule has 1 aliphatic carbocycles. The Kier molecular flexibility index (Phi) is 3.69. The Bertz CT molecular complexity index is 821. The van der Waals surface area contributed by atoms with E-state index >= 15 is 0 Å². The summed E-state index contributed by atoms with van der Waals surface area (Å²) in [6.45, 7) is -0.496. The number of nitrogens with two attached hydrogens (primary N) is 1. The minimum Gasteiger partial charge on any atom is -0.368 e. The number of carbonyl (C=O) groups excluding carboxylic acids is 4. The number of anilines is 1. The van der Waals surface area contributed by atoms with Crippen LogP contribution in [0.15, 0.2) is 24.3 Å². The predicted octanol–water partition coefficient (Wildman–Crippen LogP) is -0.339. The van der Waals surface area contributed by atoms with Gasteiger partial charge < -0.3 is 10.6 Å². The molecule has 3 N–H and O–H groups in total. The molecule has 2 fully saturated rings. The zero-order valence-corrected chi connectivity index (χ0v) is 13.9. The van der Waals surface area contributed by atoms with E-state index in [0.29, 0.717) is 11.3 Å². The van der Waals surface area contributed by atoms with E-state index in [4.69, 9.17) is 10.6 Å². The summed E-state index contributed by atoms with van der Waals surface area (Å²) in [5, 5.41) is 0. The van der Waals surface area contributed by atoms with Gasteiger partial charge in [-0.2, -0.15) is 0 Å². The third-order valence-corrected chi connectivity index (χ3v) is 4.95. The average Bonchev–Trinajstić information content (AvgIpc) is 3.38. The molecule has 1 aromatic rings. The third kappa shape index (κ3) is 2.27.